The van der Waals surface area contributed by atoms with Crippen LogP contribution in [-0.2, 0) is 13.5 Å². The van der Waals surface area contributed by atoms with Crippen LogP contribution in [0.5, 0.6) is 5.75 Å². The Kier molecular flexibility index (Phi) is 6.18. The summed E-state index contributed by atoms with van der Waals surface area (Å²) in [6.07, 6.45) is 7.05. The van der Waals surface area contributed by atoms with Crippen LogP contribution in [0, 0.1) is 12.5 Å². The predicted octanol–water partition coefficient (Wildman–Crippen LogP) is 5.80. The zero-order valence-corrected chi connectivity index (χ0v) is 18.1. The molecule has 0 unspecified atom stereocenters. The van der Waals surface area contributed by atoms with Gasteiger partial charge in [-0.2, -0.15) is 0 Å². The van der Waals surface area contributed by atoms with Crippen molar-refractivity contribution in [2.24, 2.45) is 13.0 Å². The van der Waals surface area contributed by atoms with E-state index in [4.69, 9.17) is 16.3 Å². The number of ether oxygens (including phenoxy) is 1. The Morgan fingerprint density at radius 2 is 1.71 bits per heavy atom. The third-order valence-corrected chi connectivity index (χ3v) is 6.28. The lowest BCUT2D eigenvalue weighted by molar-refractivity contribution is 0.415. The Morgan fingerprint density at radius 3 is 2.32 bits per heavy atom. The Hall–Kier alpha value is -3.39. The number of aryl methyl sites for hydroxylation is 1. The minimum Gasteiger partial charge on any atom is -0.497 e. The average molecular weight is 414 g/mol. The smallest absolute Gasteiger partial charge is 0.261 e. The highest BCUT2D eigenvalue weighted by Crippen LogP contribution is 2.32. The van der Waals surface area contributed by atoms with Gasteiger partial charge >= 0.3 is 0 Å². The number of benzene rings is 2. The van der Waals surface area contributed by atoms with Crippen LogP contribution in [0.3, 0.4) is 0 Å². The molecule has 3 aromatic rings. The number of aromatic nitrogens is 2. The molecule has 1 saturated carbocycles. The van der Waals surface area contributed by atoms with E-state index in [1.807, 2.05) is 43.4 Å². The second kappa shape index (κ2) is 9.18. The van der Waals surface area contributed by atoms with Crippen LogP contribution in [0.15, 0.2) is 53.3 Å². The summed E-state index contributed by atoms with van der Waals surface area (Å²) in [5.41, 5.74) is 3.42. The van der Waals surface area contributed by atoms with Gasteiger partial charge in [-0.05, 0) is 35.6 Å². The second-order valence-corrected chi connectivity index (χ2v) is 8.19. The molecule has 0 radical (unpaired) electrons. The predicted molar refractivity (Wildman–Crippen MR) is 123 cm³/mol. The third-order valence-electron chi connectivity index (χ3n) is 6.28. The molecule has 0 atom stereocenters. The third kappa shape index (κ3) is 4.39. The fourth-order valence-corrected chi connectivity index (χ4v) is 4.42. The summed E-state index contributed by atoms with van der Waals surface area (Å²) in [5, 5.41) is 0. The summed E-state index contributed by atoms with van der Waals surface area (Å²) in [6, 6.07) is 14.8. The van der Waals surface area contributed by atoms with Gasteiger partial charge in [0.1, 0.15) is 11.6 Å². The molecule has 0 bridgehead atoms. The largest absolute Gasteiger partial charge is 0.497 e. The lowest BCUT2D eigenvalue weighted by Gasteiger charge is -2.16. The van der Waals surface area contributed by atoms with Gasteiger partial charge in [0.05, 0.1) is 24.9 Å². The zero-order valence-electron chi connectivity index (χ0n) is 18.1. The molecular formula is C26H27N3O2. The maximum Gasteiger partial charge on any atom is 0.261 e. The molecule has 1 aliphatic carbocycles. The molecule has 1 aromatic heterocycles. The van der Waals surface area contributed by atoms with E-state index >= 15 is 0 Å². The van der Waals surface area contributed by atoms with E-state index in [-0.39, 0.29) is 5.56 Å². The quantitative estimate of drug-likeness (QED) is 0.480. The fraction of sp³-hybridized carbons (Fsp3) is 0.346. The van der Waals surface area contributed by atoms with Crippen molar-refractivity contribution in [3.8, 4) is 28.1 Å². The molecule has 0 amide bonds. The molecule has 5 nitrogen and oxygen atoms in total. The van der Waals surface area contributed by atoms with E-state index in [1.54, 1.807) is 23.8 Å². The second-order valence-electron chi connectivity index (χ2n) is 8.19. The van der Waals surface area contributed by atoms with Crippen molar-refractivity contribution in [2.75, 3.05) is 7.11 Å². The first-order valence-corrected chi connectivity index (χ1v) is 10.8. The number of rotatable bonds is 6. The van der Waals surface area contributed by atoms with Gasteiger partial charge in [-0.3, -0.25) is 9.36 Å². The van der Waals surface area contributed by atoms with Gasteiger partial charge in [0, 0.05) is 13.5 Å². The molecule has 0 spiro atoms. The molecule has 1 aliphatic rings. The van der Waals surface area contributed by atoms with E-state index in [1.165, 1.54) is 25.7 Å². The van der Waals surface area contributed by atoms with Crippen molar-refractivity contribution >= 4 is 5.69 Å². The minimum absolute atomic E-state index is 0.0501. The number of hydrogen-bond acceptors (Lipinski definition) is 3. The Labute approximate surface area is 183 Å². The van der Waals surface area contributed by atoms with Crippen LogP contribution < -0.4 is 10.3 Å². The Balaban J connectivity index is 1.82. The molecule has 2 aromatic carbocycles. The van der Waals surface area contributed by atoms with Crippen LogP contribution in [0.1, 0.15) is 37.9 Å². The van der Waals surface area contributed by atoms with Gasteiger partial charge < -0.3 is 4.74 Å². The van der Waals surface area contributed by atoms with Gasteiger partial charge in [0.2, 0.25) is 0 Å². The minimum atomic E-state index is -0.0501. The number of nitrogens with zero attached hydrogens (tertiary/aromatic N) is 3. The van der Waals surface area contributed by atoms with Crippen molar-refractivity contribution in [3.63, 3.8) is 0 Å². The monoisotopic (exact) mass is 413 g/mol. The van der Waals surface area contributed by atoms with Crippen LogP contribution in [0.25, 0.3) is 27.2 Å². The van der Waals surface area contributed by atoms with Crippen LogP contribution in [0.2, 0.25) is 0 Å². The van der Waals surface area contributed by atoms with E-state index in [0.29, 0.717) is 16.9 Å². The van der Waals surface area contributed by atoms with Gasteiger partial charge in [-0.1, -0.05) is 62.1 Å². The standard InChI is InChI=1S/C26H27N3O2/c1-27-21-13-9-20(10-14-21)25-24(19-11-15-22(31-3)16-12-19)26(30)29(2)23(28-25)17-8-18-6-4-5-7-18/h9-16,18H,4-8,17H2,2-3H3. The molecule has 1 heterocycles. The Bertz CT molecular complexity index is 1150. The SMILES string of the molecule is [C-]#[N+]c1ccc(-c2nc(CCC3CCCC3)n(C)c(=O)c2-c2ccc(OC)cc2)cc1. The average Bonchev–Trinajstić information content (AvgIpc) is 3.34. The summed E-state index contributed by atoms with van der Waals surface area (Å²) < 4.78 is 6.97. The molecule has 0 N–H and O–H groups in total. The van der Waals surface area contributed by atoms with Crippen LogP contribution in [-0.4, -0.2) is 16.7 Å². The first-order chi connectivity index (χ1) is 15.1. The normalized spacial score (nSPS) is 13.8. The van der Waals surface area contributed by atoms with Gasteiger partial charge in [0.25, 0.3) is 5.56 Å². The number of hydrogen-bond donors (Lipinski definition) is 0. The summed E-state index contributed by atoms with van der Waals surface area (Å²) in [7, 11) is 3.44. The highest BCUT2D eigenvalue weighted by Gasteiger charge is 2.20. The Morgan fingerprint density at radius 1 is 1.06 bits per heavy atom. The topological polar surface area (TPSA) is 48.5 Å². The zero-order chi connectivity index (χ0) is 21.8. The van der Waals surface area contributed by atoms with Crippen LogP contribution in [0.4, 0.5) is 5.69 Å². The van der Waals surface area contributed by atoms with E-state index in [9.17, 15) is 4.79 Å². The van der Waals surface area contributed by atoms with E-state index in [2.05, 4.69) is 4.85 Å². The van der Waals surface area contributed by atoms with Crippen molar-refractivity contribution in [1.29, 1.82) is 0 Å². The highest BCUT2D eigenvalue weighted by atomic mass is 16.5. The summed E-state index contributed by atoms with van der Waals surface area (Å²) in [4.78, 5) is 22.0. The van der Waals surface area contributed by atoms with E-state index < -0.39 is 0 Å². The first-order valence-electron chi connectivity index (χ1n) is 10.8. The molecule has 0 aliphatic heterocycles. The van der Waals surface area contributed by atoms with E-state index in [0.717, 1.165) is 41.5 Å². The maximum atomic E-state index is 13.5. The molecule has 0 saturated heterocycles. The van der Waals surface area contributed by atoms with Crippen molar-refractivity contribution in [1.82, 2.24) is 9.55 Å². The number of methoxy groups -OCH3 is 1. The van der Waals surface area contributed by atoms with Crippen molar-refractivity contribution < 1.29 is 4.74 Å². The van der Waals surface area contributed by atoms with Gasteiger partial charge in [-0.15, -0.1) is 0 Å². The first kappa shape index (κ1) is 20.9. The van der Waals surface area contributed by atoms with Crippen molar-refractivity contribution in [2.45, 2.75) is 38.5 Å². The fourth-order valence-electron chi connectivity index (χ4n) is 4.42. The molecule has 31 heavy (non-hydrogen) atoms. The molecule has 158 valence electrons. The summed E-state index contributed by atoms with van der Waals surface area (Å²) in [6.45, 7) is 7.21. The molecule has 5 heteroatoms. The molecule has 1 fully saturated rings. The van der Waals surface area contributed by atoms with Crippen LogP contribution >= 0.6 is 0 Å². The molecule has 4 rings (SSSR count). The summed E-state index contributed by atoms with van der Waals surface area (Å²) >= 11 is 0. The lowest BCUT2D eigenvalue weighted by Crippen LogP contribution is -2.25. The van der Waals surface area contributed by atoms with Gasteiger partial charge in [-0.25, -0.2) is 9.83 Å². The highest BCUT2D eigenvalue weighted by molar-refractivity contribution is 5.81. The van der Waals surface area contributed by atoms with Crippen molar-refractivity contribution in [3.05, 3.63) is 76.1 Å². The molecular weight excluding hydrogens is 386 g/mol. The summed E-state index contributed by atoms with van der Waals surface area (Å²) in [5.74, 6) is 2.29. The van der Waals surface area contributed by atoms with Gasteiger partial charge in [0.15, 0.2) is 5.69 Å². The lowest BCUT2D eigenvalue weighted by atomic mass is 9.98. The maximum absolute atomic E-state index is 13.5.